The molecule has 0 spiro atoms. The van der Waals surface area contributed by atoms with E-state index in [1.807, 2.05) is 0 Å². The summed E-state index contributed by atoms with van der Waals surface area (Å²) >= 11 is 0. The number of nitrogens with two attached hydrogens (primary N) is 1. The summed E-state index contributed by atoms with van der Waals surface area (Å²) in [5, 5.41) is 0. The third-order valence-corrected chi connectivity index (χ3v) is 3.10. The largest absolute Gasteiger partial charge is 0.459 e. The number of carbonyl (C=O) groups excluding carboxylic acids is 1. The fourth-order valence-corrected chi connectivity index (χ4v) is 2.17. The minimum absolute atomic E-state index is 0.146. The van der Waals surface area contributed by atoms with Crippen LogP contribution in [-0.2, 0) is 22.1 Å². The second kappa shape index (κ2) is 6.86. The second-order valence-electron chi connectivity index (χ2n) is 6.82. The van der Waals surface area contributed by atoms with Gasteiger partial charge in [0.25, 0.3) is 0 Å². The summed E-state index contributed by atoms with van der Waals surface area (Å²) in [5.41, 5.74) is 0.838. The fourth-order valence-electron chi connectivity index (χ4n) is 2.17. The number of esters is 1. The smallest absolute Gasteiger partial charge is 0.416 e. The summed E-state index contributed by atoms with van der Waals surface area (Å²) < 4.78 is 81.7. The zero-order valence-electron chi connectivity index (χ0n) is 13.9. The Labute approximate surface area is 141 Å². The van der Waals surface area contributed by atoms with Crippen LogP contribution in [0.2, 0.25) is 0 Å². The molecule has 2 N–H and O–H groups in total. The first kappa shape index (κ1) is 21.3. The van der Waals surface area contributed by atoms with Crippen LogP contribution in [0.4, 0.5) is 26.3 Å². The van der Waals surface area contributed by atoms with Crippen LogP contribution in [0, 0.1) is 0 Å². The first-order chi connectivity index (χ1) is 11.0. The third kappa shape index (κ3) is 6.93. The summed E-state index contributed by atoms with van der Waals surface area (Å²) in [4.78, 5) is 12.2. The van der Waals surface area contributed by atoms with E-state index in [4.69, 9.17) is 10.5 Å². The van der Waals surface area contributed by atoms with Gasteiger partial charge in [0.05, 0.1) is 12.0 Å². The molecule has 0 aliphatic carbocycles. The van der Waals surface area contributed by atoms with Gasteiger partial charge in [0.2, 0.25) is 0 Å². The number of ether oxygens (including phenoxy) is 1. The number of alkyl halides is 6. The summed E-state index contributed by atoms with van der Waals surface area (Å²) in [6, 6.07) is 3.67. The highest BCUT2D eigenvalue weighted by Crippen LogP contribution is 2.33. The lowest BCUT2D eigenvalue weighted by molar-refractivity contribution is -0.179. The van der Waals surface area contributed by atoms with Gasteiger partial charge in [-0.15, -0.1) is 0 Å². The molecule has 9 heteroatoms. The number of halogens is 6. The van der Waals surface area contributed by atoms with Crippen LogP contribution >= 0.6 is 0 Å². The van der Waals surface area contributed by atoms with Gasteiger partial charge in [0, 0.05) is 6.42 Å². The molecule has 0 aliphatic heterocycles. The zero-order chi connectivity index (χ0) is 19.7. The van der Waals surface area contributed by atoms with Crippen molar-refractivity contribution in [2.24, 2.45) is 5.73 Å². The molecule has 0 bridgehead atoms. The number of rotatable bonds is 4. The molecule has 0 saturated carbocycles. The van der Waals surface area contributed by atoms with Crippen molar-refractivity contribution in [2.75, 3.05) is 0 Å². The monoisotopic (exact) mass is 371 g/mol. The van der Waals surface area contributed by atoms with Crippen LogP contribution in [-0.4, -0.2) is 23.3 Å². The molecule has 1 aromatic rings. The van der Waals surface area contributed by atoms with Gasteiger partial charge in [0.15, 0.2) is 0 Å². The van der Waals surface area contributed by atoms with Crippen molar-refractivity contribution in [3.8, 4) is 0 Å². The molecule has 0 aliphatic rings. The highest BCUT2D eigenvalue weighted by atomic mass is 19.4. The minimum Gasteiger partial charge on any atom is -0.459 e. The Kier molecular flexibility index (Phi) is 5.83. The number of hydrogen-bond acceptors (Lipinski definition) is 3. The van der Waals surface area contributed by atoms with Crippen molar-refractivity contribution in [1.29, 1.82) is 0 Å². The minimum atomic E-state index is -4.80. The van der Waals surface area contributed by atoms with Gasteiger partial charge in [-0.05, 0) is 32.4 Å². The van der Waals surface area contributed by atoms with Gasteiger partial charge in [-0.3, -0.25) is 4.79 Å². The molecule has 0 fully saturated rings. The van der Waals surface area contributed by atoms with Crippen molar-refractivity contribution in [1.82, 2.24) is 0 Å². The quantitative estimate of drug-likeness (QED) is 0.636. The molecule has 1 rings (SSSR count). The molecule has 25 heavy (non-hydrogen) atoms. The van der Waals surface area contributed by atoms with Crippen LogP contribution in [0.25, 0.3) is 0 Å². The van der Waals surface area contributed by atoms with E-state index in [0.29, 0.717) is 6.07 Å². The van der Waals surface area contributed by atoms with E-state index < -0.39 is 47.9 Å². The number of carbonyl (C=O) groups is 1. The predicted octanol–water partition coefficient (Wildman–Crippen LogP) is 4.24. The zero-order valence-corrected chi connectivity index (χ0v) is 13.9. The lowest BCUT2D eigenvalue weighted by atomic mass is 9.87. The van der Waals surface area contributed by atoms with Crippen LogP contribution in [0.5, 0.6) is 0 Å². The maximum atomic E-state index is 12.8. The molecule has 3 nitrogen and oxygen atoms in total. The summed E-state index contributed by atoms with van der Waals surface area (Å²) in [5.74, 6) is -1.32. The van der Waals surface area contributed by atoms with Gasteiger partial charge in [-0.25, -0.2) is 0 Å². The predicted molar refractivity (Wildman–Crippen MR) is 78.6 cm³/mol. The Morgan fingerprint density at radius 3 is 2.08 bits per heavy atom. The van der Waals surface area contributed by atoms with Crippen molar-refractivity contribution in [3.05, 3.63) is 35.4 Å². The lowest BCUT2D eigenvalue weighted by Crippen LogP contribution is -2.55. The van der Waals surface area contributed by atoms with Crippen LogP contribution in [0.15, 0.2) is 24.3 Å². The summed E-state index contributed by atoms with van der Waals surface area (Å²) in [6.07, 6.45) is -11.9. The van der Waals surface area contributed by atoms with E-state index in [2.05, 4.69) is 0 Å². The molecule has 0 saturated heterocycles. The SMILES string of the molecule is CC(C)(C)OC(=O)[C@@](N)(Cc1cccc(C(F)(F)F)c1)CC(F)(F)F. The van der Waals surface area contributed by atoms with E-state index in [1.54, 1.807) is 0 Å². The first-order valence-electron chi connectivity index (χ1n) is 7.27. The highest BCUT2D eigenvalue weighted by molar-refractivity contribution is 5.81. The summed E-state index contributed by atoms with van der Waals surface area (Å²) in [7, 11) is 0. The highest BCUT2D eigenvalue weighted by Gasteiger charge is 2.47. The average molecular weight is 371 g/mol. The van der Waals surface area contributed by atoms with E-state index in [-0.39, 0.29) is 5.56 Å². The Hall–Kier alpha value is -1.77. The topological polar surface area (TPSA) is 52.3 Å². The normalized spacial score (nSPS) is 15.6. The maximum absolute atomic E-state index is 12.8. The van der Waals surface area contributed by atoms with Crippen LogP contribution in [0.3, 0.4) is 0 Å². The van der Waals surface area contributed by atoms with Crippen molar-refractivity contribution in [3.63, 3.8) is 0 Å². The molecule has 1 aromatic carbocycles. The molecular formula is C16H19F6NO2. The van der Waals surface area contributed by atoms with Crippen molar-refractivity contribution < 1.29 is 35.9 Å². The molecule has 0 heterocycles. The van der Waals surface area contributed by atoms with Gasteiger partial charge in [-0.1, -0.05) is 18.2 Å². The molecule has 0 unspecified atom stereocenters. The van der Waals surface area contributed by atoms with E-state index in [1.165, 1.54) is 26.8 Å². The molecule has 0 amide bonds. The van der Waals surface area contributed by atoms with Crippen molar-refractivity contribution in [2.45, 2.75) is 57.1 Å². The Bertz CT molecular complexity index is 618. The standard InChI is InChI=1S/C16H19F6NO2/c1-13(2,3)25-12(24)14(23,9-15(17,18)19)8-10-5-4-6-11(7-10)16(20,21)22/h4-7H,8-9,23H2,1-3H3/t14-/m1/s1. The molecular weight excluding hydrogens is 352 g/mol. The third-order valence-electron chi connectivity index (χ3n) is 3.10. The lowest BCUT2D eigenvalue weighted by Gasteiger charge is -2.32. The molecule has 0 aromatic heterocycles. The fraction of sp³-hybridized carbons (Fsp3) is 0.562. The number of hydrogen-bond donors (Lipinski definition) is 1. The Morgan fingerprint density at radius 1 is 1.08 bits per heavy atom. The van der Waals surface area contributed by atoms with Gasteiger partial charge < -0.3 is 10.5 Å². The van der Waals surface area contributed by atoms with Crippen molar-refractivity contribution >= 4 is 5.97 Å². The Morgan fingerprint density at radius 2 is 1.64 bits per heavy atom. The average Bonchev–Trinajstić information content (AvgIpc) is 2.33. The van der Waals surface area contributed by atoms with Crippen LogP contribution in [0.1, 0.15) is 38.3 Å². The van der Waals surface area contributed by atoms with Gasteiger partial charge in [-0.2, -0.15) is 26.3 Å². The molecule has 142 valence electrons. The maximum Gasteiger partial charge on any atom is 0.416 e. The summed E-state index contributed by atoms with van der Waals surface area (Å²) in [6.45, 7) is 4.34. The second-order valence-corrected chi connectivity index (χ2v) is 6.82. The van der Waals surface area contributed by atoms with E-state index in [9.17, 15) is 31.1 Å². The van der Waals surface area contributed by atoms with Gasteiger partial charge >= 0.3 is 18.3 Å². The van der Waals surface area contributed by atoms with E-state index >= 15 is 0 Å². The van der Waals surface area contributed by atoms with Gasteiger partial charge in [0.1, 0.15) is 11.1 Å². The molecule has 1 atom stereocenters. The van der Waals surface area contributed by atoms with Crippen LogP contribution < -0.4 is 5.73 Å². The number of benzene rings is 1. The molecule has 0 radical (unpaired) electrons. The first-order valence-corrected chi connectivity index (χ1v) is 7.27. The van der Waals surface area contributed by atoms with E-state index in [0.717, 1.165) is 12.1 Å². The Balaban J connectivity index is 3.19.